The third-order valence-corrected chi connectivity index (χ3v) is 12.4. The number of hydrogen-bond acceptors (Lipinski definition) is 9. The zero-order valence-corrected chi connectivity index (χ0v) is 37.1. The molecule has 2 aromatic carbocycles. The van der Waals surface area contributed by atoms with Crippen molar-refractivity contribution in [3.05, 3.63) is 71.9 Å². The first-order chi connectivity index (χ1) is 29.5. The molecule has 2 saturated heterocycles. The van der Waals surface area contributed by atoms with Gasteiger partial charge in [0.25, 0.3) is 0 Å². The maximum Gasteiger partial charge on any atom is 0.246 e. The Morgan fingerprint density at radius 2 is 1.56 bits per heavy atom. The fourth-order valence-corrected chi connectivity index (χ4v) is 8.64. The van der Waals surface area contributed by atoms with Gasteiger partial charge >= 0.3 is 0 Å². The summed E-state index contributed by atoms with van der Waals surface area (Å²) in [6.07, 6.45) is 2.69. The molecule has 7 amide bonds. The Morgan fingerprint density at radius 1 is 0.887 bits per heavy atom. The average molecular weight is 875 g/mol. The molecule has 0 radical (unpaired) electrons. The summed E-state index contributed by atoms with van der Waals surface area (Å²) >= 11 is 1.41. The van der Waals surface area contributed by atoms with Crippen molar-refractivity contribution in [1.29, 1.82) is 0 Å². The number of aliphatic hydroxyl groups excluding tert-OH is 1. The summed E-state index contributed by atoms with van der Waals surface area (Å²) < 4.78 is -0.340. The van der Waals surface area contributed by atoms with Crippen molar-refractivity contribution < 1.29 is 38.7 Å². The quantitative estimate of drug-likeness (QED) is 0.133. The number of thioether (sulfide) groups is 1. The van der Waals surface area contributed by atoms with Crippen LogP contribution in [0.2, 0.25) is 0 Å². The molecule has 2 aliphatic heterocycles. The van der Waals surface area contributed by atoms with Gasteiger partial charge in [0.15, 0.2) is 0 Å². The van der Waals surface area contributed by atoms with Crippen LogP contribution in [-0.2, 0) is 46.4 Å². The lowest BCUT2D eigenvalue weighted by Crippen LogP contribution is -2.61. The summed E-state index contributed by atoms with van der Waals surface area (Å²) in [6.45, 7) is 9.19. The maximum atomic E-state index is 14.5. The first kappa shape index (κ1) is 47.6. The van der Waals surface area contributed by atoms with Gasteiger partial charge in [0, 0.05) is 60.5 Å². The minimum Gasteiger partial charge on any atom is -0.390 e. The van der Waals surface area contributed by atoms with Crippen LogP contribution in [0.15, 0.2) is 60.8 Å². The molecule has 5 rings (SSSR count). The molecular weight excluding hydrogens is 813 g/mol. The fourth-order valence-electron chi connectivity index (χ4n) is 7.74. The lowest BCUT2D eigenvalue weighted by molar-refractivity contribution is -0.144. The van der Waals surface area contributed by atoms with Gasteiger partial charge in [-0.3, -0.25) is 33.6 Å². The highest BCUT2D eigenvalue weighted by atomic mass is 32.2. The van der Waals surface area contributed by atoms with Gasteiger partial charge in [-0.25, -0.2) is 0 Å². The predicted molar refractivity (Wildman–Crippen MR) is 238 cm³/mol. The number of carbonyl (C=O) groups excluding carboxylic acids is 7. The standard InChI is InChI=1S/C45H62N8O8S/c1-6-7-17-32-39(56)46-21-13-19-33(50-40(57)34(48-27(2)54)23-28-14-9-8-10-15-28)44(61)53-22-20-37(55)38(53)43(60)52-36(26-62-45(3,4)5)42(59)51-35(41(58)49-32)24-29-25-47-31-18-12-11-16-30(29)31/h8-12,14-16,18,25,32-38,47,55H,6-7,13,17,19-24,26H2,1-5H3,(H,46,56)(H,48,54)(H,49,58)(H,50,57)(H,51,59)(H,52,60)/t32-,33-,34-,35-,36+,37-,38-/m0/s1. The zero-order valence-electron chi connectivity index (χ0n) is 36.3. The van der Waals surface area contributed by atoms with Crippen molar-refractivity contribution in [2.45, 2.75) is 133 Å². The number of benzene rings is 2. The van der Waals surface area contributed by atoms with E-state index in [-0.39, 0.29) is 55.7 Å². The Kier molecular flexibility index (Phi) is 17.0. The highest BCUT2D eigenvalue weighted by Crippen LogP contribution is 2.26. The number of amides is 7. The molecule has 336 valence electrons. The Labute approximate surface area is 367 Å². The second-order valence-electron chi connectivity index (χ2n) is 17.1. The molecule has 0 saturated carbocycles. The van der Waals surface area contributed by atoms with E-state index in [0.29, 0.717) is 12.8 Å². The molecule has 2 fully saturated rings. The van der Waals surface area contributed by atoms with E-state index in [1.807, 2.05) is 82.3 Å². The molecule has 0 aliphatic carbocycles. The second kappa shape index (κ2) is 22.1. The van der Waals surface area contributed by atoms with Crippen LogP contribution in [0, 0.1) is 0 Å². The molecule has 1 aromatic heterocycles. The Morgan fingerprint density at radius 3 is 2.27 bits per heavy atom. The zero-order chi connectivity index (χ0) is 45.0. The van der Waals surface area contributed by atoms with Gasteiger partial charge in [-0.1, -0.05) is 89.1 Å². The van der Waals surface area contributed by atoms with Gasteiger partial charge in [0.1, 0.15) is 36.3 Å². The van der Waals surface area contributed by atoms with E-state index in [0.717, 1.165) is 28.5 Å². The lowest BCUT2D eigenvalue weighted by atomic mass is 10.0. The smallest absolute Gasteiger partial charge is 0.246 e. The summed E-state index contributed by atoms with van der Waals surface area (Å²) in [5.41, 5.74) is 2.38. The first-order valence-corrected chi connectivity index (χ1v) is 22.5. The molecule has 7 atom stereocenters. The SMILES string of the molecule is CCCC[C@@H]1NC(=O)[C@H](Cc2c[nH]c3ccccc23)NC(=O)[C@@H](CSC(C)(C)C)NC(=O)[C@@H]2[C@@H](O)CCN2C(=O)[C@@H](NC(=O)[C@H](Cc2ccccc2)NC(C)=O)CCCNC1=O. The molecule has 2 aliphatic rings. The molecule has 0 unspecified atom stereocenters. The fraction of sp³-hybridized carbons (Fsp3) is 0.533. The molecule has 8 N–H and O–H groups in total. The van der Waals surface area contributed by atoms with E-state index in [1.54, 1.807) is 6.20 Å². The Hall–Kier alpha value is -5.42. The highest BCUT2D eigenvalue weighted by Gasteiger charge is 2.45. The van der Waals surface area contributed by atoms with Crippen molar-refractivity contribution in [3.8, 4) is 0 Å². The third kappa shape index (κ3) is 13.3. The highest BCUT2D eigenvalue weighted by molar-refractivity contribution is 8.00. The largest absolute Gasteiger partial charge is 0.390 e. The topological polar surface area (TPSA) is 231 Å². The number of unbranched alkanes of at least 4 members (excludes halogenated alkanes) is 1. The van der Waals surface area contributed by atoms with Crippen LogP contribution in [0.1, 0.15) is 84.3 Å². The number of hydrogen-bond donors (Lipinski definition) is 8. The molecule has 0 spiro atoms. The van der Waals surface area contributed by atoms with Crippen molar-refractivity contribution in [2.24, 2.45) is 0 Å². The van der Waals surface area contributed by atoms with Crippen LogP contribution in [-0.4, -0.2) is 122 Å². The normalized spacial score (nSPS) is 23.8. The van der Waals surface area contributed by atoms with Gasteiger partial charge < -0.3 is 46.9 Å². The van der Waals surface area contributed by atoms with E-state index in [2.05, 4.69) is 36.9 Å². The van der Waals surface area contributed by atoms with Crippen molar-refractivity contribution in [3.63, 3.8) is 0 Å². The number of nitrogens with zero attached hydrogens (tertiary/aromatic N) is 1. The van der Waals surface area contributed by atoms with Crippen LogP contribution in [0.3, 0.4) is 0 Å². The molecule has 0 bridgehead atoms. The molecule has 3 heterocycles. The number of rotatable bonds is 12. The summed E-state index contributed by atoms with van der Waals surface area (Å²) in [5, 5.41) is 29.0. The molecule has 62 heavy (non-hydrogen) atoms. The van der Waals surface area contributed by atoms with Crippen LogP contribution < -0.4 is 31.9 Å². The molecular formula is C45H62N8O8S. The number of aromatic amines is 1. The predicted octanol–water partition coefficient (Wildman–Crippen LogP) is 1.99. The number of carbonyl (C=O) groups is 7. The number of fused-ring (bicyclic) bond motifs is 2. The lowest BCUT2D eigenvalue weighted by Gasteiger charge is -2.32. The van der Waals surface area contributed by atoms with E-state index < -0.39 is 83.7 Å². The monoisotopic (exact) mass is 874 g/mol. The minimum atomic E-state index is -1.41. The second-order valence-corrected chi connectivity index (χ2v) is 18.9. The van der Waals surface area contributed by atoms with Gasteiger partial charge in [0.05, 0.1) is 6.10 Å². The van der Waals surface area contributed by atoms with Crippen LogP contribution in [0.5, 0.6) is 0 Å². The molecule has 16 nitrogen and oxygen atoms in total. The summed E-state index contributed by atoms with van der Waals surface area (Å²) in [4.78, 5) is 102. The van der Waals surface area contributed by atoms with E-state index in [1.165, 1.54) is 23.6 Å². The number of aromatic nitrogens is 1. The number of aliphatic hydroxyl groups is 1. The first-order valence-electron chi connectivity index (χ1n) is 21.5. The van der Waals surface area contributed by atoms with E-state index in [9.17, 15) is 38.7 Å². The van der Waals surface area contributed by atoms with E-state index >= 15 is 0 Å². The third-order valence-electron chi connectivity index (χ3n) is 11.0. The van der Waals surface area contributed by atoms with Crippen molar-refractivity contribution in [1.82, 2.24) is 41.8 Å². The van der Waals surface area contributed by atoms with Gasteiger partial charge in [-0.05, 0) is 42.9 Å². The van der Waals surface area contributed by atoms with Crippen molar-refractivity contribution in [2.75, 3.05) is 18.8 Å². The van der Waals surface area contributed by atoms with Crippen molar-refractivity contribution >= 4 is 64.0 Å². The molecule has 3 aromatic rings. The number of para-hydroxylation sites is 1. The summed E-state index contributed by atoms with van der Waals surface area (Å²) in [7, 11) is 0. The van der Waals surface area contributed by atoms with E-state index in [4.69, 9.17) is 0 Å². The maximum absolute atomic E-state index is 14.5. The van der Waals surface area contributed by atoms with Crippen LogP contribution in [0.25, 0.3) is 10.9 Å². The summed E-state index contributed by atoms with van der Waals surface area (Å²) in [5.74, 6) is -4.08. The minimum absolute atomic E-state index is 0.0140. The summed E-state index contributed by atoms with van der Waals surface area (Å²) in [6, 6.07) is 9.66. The van der Waals surface area contributed by atoms with Gasteiger partial charge in [-0.15, -0.1) is 0 Å². The average Bonchev–Trinajstić information content (AvgIpc) is 3.83. The van der Waals surface area contributed by atoms with Gasteiger partial charge in [-0.2, -0.15) is 11.8 Å². The number of nitrogens with one attached hydrogen (secondary N) is 7. The van der Waals surface area contributed by atoms with Gasteiger partial charge in [0.2, 0.25) is 41.4 Å². The van der Waals surface area contributed by atoms with Crippen LogP contribution >= 0.6 is 11.8 Å². The Bertz CT molecular complexity index is 2060. The van der Waals surface area contributed by atoms with Crippen LogP contribution in [0.4, 0.5) is 0 Å². The number of H-pyrrole nitrogens is 1. The Balaban J connectivity index is 1.48. The molecule has 17 heteroatoms.